The third kappa shape index (κ3) is 3.14. The Labute approximate surface area is 159 Å². The van der Waals surface area contributed by atoms with Gasteiger partial charge in [0.05, 0.1) is 0 Å². The summed E-state index contributed by atoms with van der Waals surface area (Å²) in [6.45, 7) is 0.632. The molecule has 0 saturated heterocycles. The van der Waals surface area contributed by atoms with Crippen LogP contribution in [0.4, 0.5) is 5.69 Å². The number of hydrogen-bond donors (Lipinski definition) is 1. The fraction of sp³-hybridized carbons (Fsp3) is 0.0952. The number of rotatable bonds is 4. The summed E-state index contributed by atoms with van der Waals surface area (Å²) in [5.41, 5.74) is 3.16. The Balaban J connectivity index is 1.66. The second-order valence-corrected chi connectivity index (χ2v) is 7.47. The SMILES string of the molecule is O=C(Nc1ccccc1)[C@H](I)Cn1c2ccccc2c2ccccc21. The number of benzene rings is 3. The number of amides is 1. The Morgan fingerprint density at radius 1 is 0.840 bits per heavy atom. The second-order valence-electron chi connectivity index (χ2n) is 5.97. The van der Waals surface area contributed by atoms with Crippen LogP contribution in [0.1, 0.15) is 0 Å². The predicted octanol–water partition coefficient (Wildman–Crippen LogP) is 5.24. The first-order valence-electron chi connectivity index (χ1n) is 8.20. The third-order valence-corrected chi connectivity index (χ3v) is 5.31. The Morgan fingerprint density at radius 3 is 1.96 bits per heavy atom. The molecule has 0 spiro atoms. The van der Waals surface area contributed by atoms with Gasteiger partial charge in [-0.25, -0.2) is 0 Å². The van der Waals surface area contributed by atoms with E-state index in [1.54, 1.807) is 0 Å². The van der Waals surface area contributed by atoms with E-state index in [0.717, 1.165) is 16.7 Å². The Kier molecular flexibility index (Phi) is 4.44. The first kappa shape index (κ1) is 16.1. The minimum Gasteiger partial charge on any atom is -0.339 e. The van der Waals surface area contributed by atoms with Crippen molar-refractivity contribution in [1.82, 2.24) is 4.57 Å². The highest BCUT2D eigenvalue weighted by atomic mass is 127. The zero-order valence-electron chi connectivity index (χ0n) is 13.5. The number of aromatic nitrogens is 1. The normalized spacial score (nSPS) is 12.4. The third-order valence-electron chi connectivity index (χ3n) is 4.35. The van der Waals surface area contributed by atoms with Gasteiger partial charge in [0.1, 0.15) is 3.92 Å². The van der Waals surface area contributed by atoms with Crippen molar-refractivity contribution in [2.24, 2.45) is 0 Å². The lowest BCUT2D eigenvalue weighted by atomic mass is 10.2. The molecule has 0 bridgehead atoms. The Bertz CT molecular complexity index is 986. The van der Waals surface area contributed by atoms with Gasteiger partial charge in [0.2, 0.25) is 5.91 Å². The van der Waals surface area contributed by atoms with Crippen molar-refractivity contribution in [3.63, 3.8) is 0 Å². The largest absolute Gasteiger partial charge is 0.339 e. The quantitative estimate of drug-likeness (QED) is 0.342. The van der Waals surface area contributed by atoms with Gasteiger partial charge < -0.3 is 9.88 Å². The minimum atomic E-state index is -0.169. The van der Waals surface area contributed by atoms with Crippen LogP contribution in [0.25, 0.3) is 21.8 Å². The van der Waals surface area contributed by atoms with Crippen LogP contribution in [0.2, 0.25) is 0 Å². The van der Waals surface area contributed by atoms with Gasteiger partial charge >= 0.3 is 0 Å². The molecule has 0 saturated carbocycles. The monoisotopic (exact) mass is 440 g/mol. The molecule has 0 aliphatic heterocycles. The number of nitrogens with one attached hydrogen (secondary N) is 1. The van der Waals surface area contributed by atoms with Crippen molar-refractivity contribution in [3.8, 4) is 0 Å². The molecule has 1 N–H and O–H groups in total. The van der Waals surface area contributed by atoms with E-state index in [-0.39, 0.29) is 9.83 Å². The molecule has 0 fully saturated rings. The van der Waals surface area contributed by atoms with Gasteiger partial charge in [-0.05, 0) is 24.3 Å². The van der Waals surface area contributed by atoms with E-state index in [9.17, 15) is 4.79 Å². The van der Waals surface area contributed by atoms with Crippen LogP contribution in [0.3, 0.4) is 0 Å². The molecule has 1 amide bonds. The topological polar surface area (TPSA) is 34.0 Å². The van der Waals surface area contributed by atoms with E-state index in [0.29, 0.717) is 6.54 Å². The van der Waals surface area contributed by atoms with E-state index in [1.165, 1.54) is 10.8 Å². The van der Waals surface area contributed by atoms with Crippen LogP contribution in [-0.2, 0) is 11.3 Å². The number of nitrogens with zero attached hydrogens (tertiary/aromatic N) is 1. The fourth-order valence-corrected chi connectivity index (χ4v) is 3.73. The first-order chi connectivity index (χ1) is 12.2. The van der Waals surface area contributed by atoms with Crippen LogP contribution in [0, 0.1) is 0 Å². The maximum Gasteiger partial charge on any atom is 0.239 e. The predicted molar refractivity (Wildman–Crippen MR) is 112 cm³/mol. The average molecular weight is 440 g/mol. The number of fused-ring (bicyclic) bond motifs is 3. The van der Waals surface area contributed by atoms with Crippen LogP contribution in [0.5, 0.6) is 0 Å². The summed E-state index contributed by atoms with van der Waals surface area (Å²) in [4.78, 5) is 12.6. The molecule has 4 rings (SSSR count). The molecule has 4 aromatic rings. The lowest BCUT2D eigenvalue weighted by molar-refractivity contribution is -0.115. The standard InChI is InChI=1S/C21H17IN2O/c22-18(21(25)23-15-8-2-1-3-9-15)14-24-19-12-6-4-10-16(19)17-11-5-7-13-20(17)24/h1-13,18H,14H2,(H,23,25)/t18-/m1/s1. The van der Waals surface area contributed by atoms with E-state index in [1.807, 2.05) is 42.5 Å². The summed E-state index contributed by atoms with van der Waals surface area (Å²) in [6, 6.07) is 26.3. The number of para-hydroxylation sites is 3. The number of alkyl halides is 1. The highest BCUT2D eigenvalue weighted by Crippen LogP contribution is 2.29. The Hall–Kier alpha value is -2.34. The van der Waals surface area contributed by atoms with Gasteiger partial charge in [-0.1, -0.05) is 77.2 Å². The fourth-order valence-electron chi connectivity index (χ4n) is 3.19. The summed E-state index contributed by atoms with van der Waals surface area (Å²) in [5, 5.41) is 5.44. The van der Waals surface area contributed by atoms with E-state index in [4.69, 9.17) is 0 Å². The van der Waals surface area contributed by atoms with Gasteiger partial charge in [-0.15, -0.1) is 0 Å². The van der Waals surface area contributed by atoms with Crippen molar-refractivity contribution >= 4 is 56.0 Å². The van der Waals surface area contributed by atoms with Gasteiger partial charge in [0.25, 0.3) is 0 Å². The van der Waals surface area contributed by atoms with Gasteiger partial charge in [-0.2, -0.15) is 0 Å². The molecule has 1 atom stereocenters. The molecule has 124 valence electrons. The van der Waals surface area contributed by atoms with Gasteiger partial charge in [0, 0.05) is 34.0 Å². The molecule has 3 nitrogen and oxygen atoms in total. The molecule has 1 aromatic heterocycles. The molecule has 0 radical (unpaired) electrons. The van der Waals surface area contributed by atoms with Crippen LogP contribution in [0.15, 0.2) is 78.9 Å². The molecule has 4 heteroatoms. The smallest absolute Gasteiger partial charge is 0.239 e. The van der Waals surface area contributed by atoms with E-state index in [2.05, 4.69) is 68.9 Å². The summed E-state index contributed by atoms with van der Waals surface area (Å²) >= 11 is 2.23. The summed E-state index contributed by atoms with van der Waals surface area (Å²) in [5.74, 6) is 0.0219. The maximum atomic E-state index is 12.6. The van der Waals surface area contributed by atoms with Crippen LogP contribution < -0.4 is 5.32 Å². The molecule has 25 heavy (non-hydrogen) atoms. The lowest BCUT2D eigenvalue weighted by Crippen LogP contribution is -2.26. The second kappa shape index (κ2) is 6.88. The minimum absolute atomic E-state index is 0.0219. The van der Waals surface area contributed by atoms with Crippen molar-refractivity contribution in [2.75, 3.05) is 5.32 Å². The van der Waals surface area contributed by atoms with Crippen molar-refractivity contribution in [1.29, 1.82) is 0 Å². The number of halogens is 1. The molecule has 0 aliphatic carbocycles. The molecule has 1 heterocycles. The maximum absolute atomic E-state index is 12.6. The molecule has 3 aromatic carbocycles. The summed E-state index contributed by atoms with van der Waals surface area (Å²) < 4.78 is 2.07. The van der Waals surface area contributed by atoms with Crippen molar-refractivity contribution in [3.05, 3.63) is 78.9 Å². The van der Waals surface area contributed by atoms with Gasteiger partial charge in [0.15, 0.2) is 0 Å². The van der Waals surface area contributed by atoms with Crippen LogP contribution >= 0.6 is 22.6 Å². The van der Waals surface area contributed by atoms with Crippen molar-refractivity contribution in [2.45, 2.75) is 10.5 Å². The Morgan fingerprint density at radius 2 is 1.36 bits per heavy atom. The lowest BCUT2D eigenvalue weighted by Gasteiger charge is -2.14. The van der Waals surface area contributed by atoms with Crippen molar-refractivity contribution < 1.29 is 4.79 Å². The molecular weight excluding hydrogens is 423 g/mol. The highest BCUT2D eigenvalue weighted by molar-refractivity contribution is 14.1. The summed E-state index contributed by atoms with van der Waals surface area (Å²) in [6.07, 6.45) is 0. The highest BCUT2D eigenvalue weighted by Gasteiger charge is 2.18. The molecular formula is C21H17IN2O. The van der Waals surface area contributed by atoms with E-state index < -0.39 is 0 Å². The molecule has 0 unspecified atom stereocenters. The summed E-state index contributed by atoms with van der Waals surface area (Å²) in [7, 11) is 0. The first-order valence-corrected chi connectivity index (χ1v) is 9.44. The zero-order chi connectivity index (χ0) is 17.2. The number of carbonyl (C=O) groups is 1. The van der Waals surface area contributed by atoms with E-state index >= 15 is 0 Å². The average Bonchev–Trinajstić information content (AvgIpc) is 2.97. The number of hydrogen-bond acceptors (Lipinski definition) is 1. The van der Waals surface area contributed by atoms with Crippen LogP contribution in [-0.4, -0.2) is 14.4 Å². The van der Waals surface area contributed by atoms with Gasteiger partial charge in [-0.3, -0.25) is 4.79 Å². The number of carbonyl (C=O) groups excluding carboxylic acids is 1. The molecule has 0 aliphatic rings. The zero-order valence-corrected chi connectivity index (χ0v) is 15.7. The number of anilines is 1.